The Labute approximate surface area is 212 Å². The van der Waals surface area contributed by atoms with Crippen molar-refractivity contribution in [2.45, 2.75) is 42.2 Å². The number of anilines is 1. The number of carbonyl (C=O) groups is 1. The Hall–Kier alpha value is -3.12. The number of para-hydroxylation sites is 1. The highest BCUT2D eigenvalue weighted by Crippen LogP contribution is 2.30. The molecule has 6 nitrogen and oxygen atoms in total. The number of benzene rings is 3. The smallest absolute Gasteiger partial charge is 0.255 e. The fourth-order valence-corrected chi connectivity index (χ4v) is 6.09. The van der Waals surface area contributed by atoms with E-state index in [1.165, 1.54) is 16.4 Å². The summed E-state index contributed by atoms with van der Waals surface area (Å²) < 4.78 is 27.4. The van der Waals surface area contributed by atoms with E-state index in [0.29, 0.717) is 35.7 Å². The quantitative estimate of drug-likeness (QED) is 0.326. The maximum atomic E-state index is 13.0. The maximum absolute atomic E-state index is 13.0. The Kier molecular flexibility index (Phi) is 9.49. The van der Waals surface area contributed by atoms with Crippen LogP contribution in [0.3, 0.4) is 0 Å². The fourth-order valence-electron chi connectivity index (χ4n) is 3.51. The van der Waals surface area contributed by atoms with E-state index in [9.17, 15) is 13.2 Å². The minimum Gasteiger partial charge on any atom is -0.321 e. The Morgan fingerprint density at radius 3 is 2.17 bits per heavy atom. The molecule has 0 aromatic heterocycles. The first-order chi connectivity index (χ1) is 16.9. The number of hydrogen-bond donors (Lipinski definition) is 1. The highest BCUT2D eigenvalue weighted by Gasteiger charge is 2.23. The molecular formula is C27H29N3O3S2. The van der Waals surface area contributed by atoms with Crippen LogP contribution >= 0.6 is 11.8 Å². The summed E-state index contributed by atoms with van der Waals surface area (Å²) in [5, 5.41) is 11.9. The second kappa shape index (κ2) is 12.5. The normalized spacial score (nSPS) is 11.3. The van der Waals surface area contributed by atoms with E-state index in [4.69, 9.17) is 5.26 Å². The van der Waals surface area contributed by atoms with Crippen LogP contribution in [0.5, 0.6) is 0 Å². The van der Waals surface area contributed by atoms with Gasteiger partial charge in [-0.05, 0) is 66.9 Å². The minimum atomic E-state index is -3.59. The zero-order valence-electron chi connectivity index (χ0n) is 19.9. The average molecular weight is 508 g/mol. The molecule has 182 valence electrons. The third-order valence-corrected chi connectivity index (χ3v) is 8.37. The van der Waals surface area contributed by atoms with E-state index < -0.39 is 10.0 Å². The minimum absolute atomic E-state index is 0.189. The van der Waals surface area contributed by atoms with Crippen LogP contribution in [0.4, 0.5) is 5.69 Å². The number of amides is 1. The van der Waals surface area contributed by atoms with Gasteiger partial charge in [-0.1, -0.05) is 38.1 Å². The van der Waals surface area contributed by atoms with Crippen molar-refractivity contribution < 1.29 is 13.2 Å². The van der Waals surface area contributed by atoms with E-state index in [-0.39, 0.29) is 10.8 Å². The summed E-state index contributed by atoms with van der Waals surface area (Å²) in [5.74, 6) is 0.385. The largest absolute Gasteiger partial charge is 0.321 e. The topological polar surface area (TPSA) is 90.3 Å². The Balaban J connectivity index is 1.70. The molecule has 0 radical (unpaired) electrons. The second-order valence-electron chi connectivity index (χ2n) is 7.98. The van der Waals surface area contributed by atoms with E-state index in [2.05, 4.69) is 11.4 Å². The Bertz CT molecular complexity index is 1280. The van der Waals surface area contributed by atoms with Gasteiger partial charge < -0.3 is 5.32 Å². The van der Waals surface area contributed by atoms with E-state index in [0.717, 1.165) is 23.3 Å². The number of nitriles is 1. The van der Waals surface area contributed by atoms with Gasteiger partial charge in [0.15, 0.2) is 0 Å². The third kappa shape index (κ3) is 6.95. The highest BCUT2D eigenvalue weighted by atomic mass is 32.2. The number of hydrogen-bond acceptors (Lipinski definition) is 5. The van der Waals surface area contributed by atoms with Crippen molar-refractivity contribution in [3.63, 3.8) is 0 Å². The predicted octanol–water partition coefficient (Wildman–Crippen LogP) is 5.91. The number of thioether (sulfide) groups is 1. The predicted molar refractivity (Wildman–Crippen MR) is 141 cm³/mol. The molecule has 0 spiro atoms. The summed E-state index contributed by atoms with van der Waals surface area (Å²) in [6, 6.07) is 23.2. The van der Waals surface area contributed by atoms with Crippen LogP contribution < -0.4 is 5.32 Å². The van der Waals surface area contributed by atoms with Gasteiger partial charge >= 0.3 is 0 Å². The zero-order valence-corrected chi connectivity index (χ0v) is 21.5. The monoisotopic (exact) mass is 507 g/mol. The van der Waals surface area contributed by atoms with Gasteiger partial charge in [0.2, 0.25) is 10.0 Å². The average Bonchev–Trinajstić information content (AvgIpc) is 2.88. The van der Waals surface area contributed by atoms with Crippen molar-refractivity contribution >= 4 is 33.4 Å². The SMILES string of the molecule is CCCN(CCC)S(=O)(=O)c1ccc(C(=O)Nc2ccccc2SCc2ccc(C#N)cc2)cc1. The van der Waals surface area contributed by atoms with Crippen LogP contribution in [0.25, 0.3) is 0 Å². The van der Waals surface area contributed by atoms with E-state index in [1.54, 1.807) is 36.0 Å². The summed E-state index contributed by atoms with van der Waals surface area (Å²) in [5.41, 5.74) is 2.76. The first-order valence-corrected chi connectivity index (χ1v) is 13.9. The molecule has 3 aromatic carbocycles. The molecule has 0 heterocycles. The van der Waals surface area contributed by atoms with Crippen molar-refractivity contribution in [1.29, 1.82) is 5.26 Å². The number of nitrogens with zero attached hydrogens (tertiary/aromatic N) is 2. The molecule has 8 heteroatoms. The number of nitrogens with one attached hydrogen (secondary N) is 1. The molecular weight excluding hydrogens is 478 g/mol. The van der Waals surface area contributed by atoms with Crippen molar-refractivity contribution in [2.75, 3.05) is 18.4 Å². The summed E-state index contributed by atoms with van der Waals surface area (Å²) in [6.07, 6.45) is 1.48. The van der Waals surface area contributed by atoms with Gasteiger partial charge in [-0.2, -0.15) is 9.57 Å². The molecule has 1 amide bonds. The van der Waals surface area contributed by atoms with Gasteiger partial charge in [0.25, 0.3) is 5.91 Å². The van der Waals surface area contributed by atoms with Crippen LogP contribution in [-0.2, 0) is 15.8 Å². The first-order valence-electron chi connectivity index (χ1n) is 11.5. The van der Waals surface area contributed by atoms with Crippen LogP contribution in [0.2, 0.25) is 0 Å². The lowest BCUT2D eigenvalue weighted by molar-refractivity contribution is 0.102. The van der Waals surface area contributed by atoms with Crippen LogP contribution in [0.1, 0.15) is 48.2 Å². The summed E-state index contributed by atoms with van der Waals surface area (Å²) >= 11 is 1.59. The van der Waals surface area contributed by atoms with E-state index >= 15 is 0 Å². The molecule has 0 unspecified atom stereocenters. The maximum Gasteiger partial charge on any atom is 0.255 e. The van der Waals surface area contributed by atoms with Crippen molar-refractivity contribution in [2.24, 2.45) is 0 Å². The number of rotatable bonds is 11. The molecule has 0 fully saturated rings. The fraction of sp³-hybridized carbons (Fsp3) is 0.259. The zero-order chi connectivity index (χ0) is 25.3. The van der Waals surface area contributed by atoms with Crippen LogP contribution in [0.15, 0.2) is 82.6 Å². The Morgan fingerprint density at radius 2 is 1.57 bits per heavy atom. The van der Waals surface area contributed by atoms with Crippen molar-refractivity contribution in [1.82, 2.24) is 4.31 Å². The second-order valence-corrected chi connectivity index (χ2v) is 10.9. The molecule has 0 bridgehead atoms. The van der Waals surface area contributed by atoms with Gasteiger partial charge in [-0.15, -0.1) is 11.8 Å². The summed E-state index contributed by atoms with van der Waals surface area (Å²) in [4.78, 5) is 14.0. The van der Waals surface area contributed by atoms with Gasteiger partial charge in [-0.25, -0.2) is 8.42 Å². The lowest BCUT2D eigenvalue weighted by Gasteiger charge is -2.21. The lowest BCUT2D eigenvalue weighted by atomic mass is 10.2. The molecule has 0 aliphatic carbocycles. The van der Waals surface area contributed by atoms with Gasteiger partial charge in [0.05, 0.1) is 22.2 Å². The summed E-state index contributed by atoms with van der Waals surface area (Å²) in [6.45, 7) is 4.84. The lowest BCUT2D eigenvalue weighted by Crippen LogP contribution is -2.32. The van der Waals surface area contributed by atoms with Gasteiger partial charge in [0, 0.05) is 29.3 Å². The third-order valence-electron chi connectivity index (χ3n) is 5.31. The Morgan fingerprint density at radius 1 is 0.943 bits per heavy atom. The van der Waals surface area contributed by atoms with Crippen molar-refractivity contribution in [3.05, 3.63) is 89.5 Å². The number of carbonyl (C=O) groups excluding carboxylic acids is 1. The standard InChI is InChI=1S/C27H29N3O3S2/c1-3-17-30(18-4-2)35(32,33)24-15-13-23(14-16-24)27(31)29-25-7-5-6-8-26(25)34-20-22-11-9-21(19-28)10-12-22/h5-16H,3-4,17-18,20H2,1-2H3,(H,29,31). The van der Waals surface area contributed by atoms with Crippen LogP contribution in [0, 0.1) is 11.3 Å². The molecule has 0 aliphatic rings. The van der Waals surface area contributed by atoms with Gasteiger partial charge in [0.1, 0.15) is 0 Å². The van der Waals surface area contributed by atoms with Crippen LogP contribution in [-0.4, -0.2) is 31.7 Å². The van der Waals surface area contributed by atoms with Gasteiger partial charge in [-0.3, -0.25) is 4.79 Å². The molecule has 0 saturated heterocycles. The van der Waals surface area contributed by atoms with E-state index in [1.807, 2.05) is 50.2 Å². The highest BCUT2D eigenvalue weighted by molar-refractivity contribution is 7.98. The molecule has 35 heavy (non-hydrogen) atoms. The molecule has 0 atom stereocenters. The molecule has 1 N–H and O–H groups in total. The molecule has 3 aromatic rings. The first kappa shape index (κ1) is 26.5. The molecule has 0 saturated carbocycles. The van der Waals surface area contributed by atoms with Crippen molar-refractivity contribution in [3.8, 4) is 6.07 Å². The molecule has 3 rings (SSSR count). The molecule has 0 aliphatic heterocycles. The summed E-state index contributed by atoms with van der Waals surface area (Å²) in [7, 11) is -3.59. The number of sulfonamides is 1.